The van der Waals surface area contributed by atoms with Gasteiger partial charge in [-0.3, -0.25) is 9.59 Å². The van der Waals surface area contributed by atoms with E-state index in [1.807, 2.05) is 36.4 Å². The molecule has 0 radical (unpaired) electrons. The molecule has 2 aromatic rings. The summed E-state index contributed by atoms with van der Waals surface area (Å²) in [5.74, 6) is 1.71. The average Bonchev–Trinajstić information content (AvgIpc) is 3.27. The Morgan fingerprint density at radius 3 is 1.91 bits per heavy atom. The number of hydrogen-bond donors (Lipinski definition) is 0. The Morgan fingerprint density at radius 2 is 1.33 bits per heavy atom. The van der Waals surface area contributed by atoms with E-state index in [1.54, 1.807) is 14.2 Å². The van der Waals surface area contributed by atoms with Crippen LogP contribution in [0.2, 0.25) is 0 Å². The lowest BCUT2D eigenvalue weighted by molar-refractivity contribution is -0.147. The van der Waals surface area contributed by atoms with Crippen LogP contribution in [0.15, 0.2) is 36.4 Å². The molecule has 1 aliphatic heterocycles. The molecule has 1 aliphatic rings. The Labute approximate surface area is 193 Å². The van der Waals surface area contributed by atoms with E-state index in [0.717, 1.165) is 11.1 Å². The third kappa shape index (κ3) is 6.78. The van der Waals surface area contributed by atoms with Crippen molar-refractivity contribution in [2.75, 3.05) is 34.2 Å². The maximum Gasteiger partial charge on any atom is 0.302 e. The zero-order valence-electron chi connectivity index (χ0n) is 19.4. The number of hydrogen-bond acceptors (Lipinski definition) is 8. The fourth-order valence-corrected chi connectivity index (χ4v) is 3.85. The second-order valence-corrected chi connectivity index (χ2v) is 7.91. The maximum atomic E-state index is 11.6. The summed E-state index contributed by atoms with van der Waals surface area (Å²) in [6, 6.07) is 11.5. The molecule has 0 aliphatic carbocycles. The van der Waals surface area contributed by atoms with Gasteiger partial charge in [0.05, 0.1) is 27.4 Å². The van der Waals surface area contributed by atoms with Crippen LogP contribution in [0.25, 0.3) is 0 Å². The van der Waals surface area contributed by atoms with Crippen LogP contribution in [-0.4, -0.2) is 46.2 Å². The number of fused-ring (bicyclic) bond motifs is 1. The van der Waals surface area contributed by atoms with Crippen molar-refractivity contribution in [3.05, 3.63) is 47.5 Å². The second kappa shape index (κ2) is 11.4. The lowest BCUT2D eigenvalue weighted by Crippen LogP contribution is -2.29. The Kier molecular flexibility index (Phi) is 8.40. The molecule has 2 atom stereocenters. The molecule has 178 valence electrons. The van der Waals surface area contributed by atoms with Gasteiger partial charge in [-0.05, 0) is 48.2 Å². The largest absolute Gasteiger partial charge is 0.493 e. The number of carbonyl (C=O) groups excluding carboxylic acids is 2. The topological polar surface area (TPSA) is 89.5 Å². The van der Waals surface area contributed by atoms with Crippen LogP contribution in [0.3, 0.4) is 0 Å². The normalized spacial score (nSPS) is 13.7. The van der Waals surface area contributed by atoms with Gasteiger partial charge in [0.15, 0.2) is 23.0 Å². The van der Waals surface area contributed by atoms with Gasteiger partial charge in [-0.25, -0.2) is 0 Å². The second-order valence-electron chi connectivity index (χ2n) is 7.91. The standard InChI is InChI=1S/C25H30O8/c1-16(26)30-13-20(9-18-5-7-22(28-3)24(11-18)29-4)21(14-31-17(2)27)10-19-6-8-23-25(12-19)33-15-32-23/h5-8,11-12,20-21H,9-10,13-15H2,1-4H3/t20-,21-/m0/s1. The molecule has 0 unspecified atom stereocenters. The molecular formula is C25H30O8. The van der Waals surface area contributed by atoms with Gasteiger partial charge >= 0.3 is 11.9 Å². The minimum Gasteiger partial charge on any atom is -0.493 e. The van der Waals surface area contributed by atoms with Crippen LogP contribution in [0.4, 0.5) is 0 Å². The summed E-state index contributed by atoms with van der Waals surface area (Å²) in [7, 11) is 3.17. The highest BCUT2D eigenvalue weighted by molar-refractivity contribution is 5.66. The van der Waals surface area contributed by atoms with Crippen LogP contribution < -0.4 is 18.9 Å². The zero-order chi connectivity index (χ0) is 23.8. The van der Waals surface area contributed by atoms with E-state index in [2.05, 4.69) is 0 Å². The van der Waals surface area contributed by atoms with Crippen molar-refractivity contribution in [3.8, 4) is 23.0 Å². The Hall–Kier alpha value is -3.42. The van der Waals surface area contributed by atoms with Crippen LogP contribution in [-0.2, 0) is 31.9 Å². The predicted molar refractivity (Wildman–Crippen MR) is 120 cm³/mol. The summed E-state index contributed by atoms with van der Waals surface area (Å²) in [6.45, 7) is 3.35. The van der Waals surface area contributed by atoms with Gasteiger partial charge in [-0.1, -0.05) is 12.1 Å². The monoisotopic (exact) mass is 458 g/mol. The van der Waals surface area contributed by atoms with E-state index in [0.29, 0.717) is 35.8 Å². The van der Waals surface area contributed by atoms with E-state index < -0.39 is 0 Å². The van der Waals surface area contributed by atoms with Gasteiger partial charge < -0.3 is 28.4 Å². The van der Waals surface area contributed by atoms with Crippen molar-refractivity contribution in [1.82, 2.24) is 0 Å². The third-order valence-electron chi connectivity index (χ3n) is 5.55. The number of ether oxygens (including phenoxy) is 6. The minimum absolute atomic E-state index is 0.110. The van der Waals surface area contributed by atoms with Crippen molar-refractivity contribution >= 4 is 11.9 Å². The molecule has 0 N–H and O–H groups in total. The summed E-state index contributed by atoms with van der Waals surface area (Å²) in [5, 5.41) is 0. The van der Waals surface area contributed by atoms with Crippen LogP contribution in [0.5, 0.6) is 23.0 Å². The van der Waals surface area contributed by atoms with E-state index >= 15 is 0 Å². The van der Waals surface area contributed by atoms with Gasteiger partial charge in [0.2, 0.25) is 6.79 Å². The number of carbonyl (C=O) groups is 2. The molecule has 0 amide bonds. The van der Waals surface area contributed by atoms with E-state index in [9.17, 15) is 9.59 Å². The van der Waals surface area contributed by atoms with Gasteiger partial charge in [0.1, 0.15) is 0 Å². The quantitative estimate of drug-likeness (QED) is 0.472. The molecule has 8 heteroatoms. The highest BCUT2D eigenvalue weighted by Crippen LogP contribution is 2.35. The summed E-state index contributed by atoms with van der Waals surface area (Å²) in [4.78, 5) is 23.2. The van der Waals surface area contributed by atoms with Crippen molar-refractivity contribution < 1.29 is 38.0 Å². The predicted octanol–water partition coefficient (Wildman–Crippen LogP) is 3.58. The minimum atomic E-state index is -0.360. The van der Waals surface area contributed by atoms with Gasteiger partial charge in [-0.2, -0.15) is 0 Å². The number of rotatable bonds is 11. The Bertz CT molecular complexity index is 971. The van der Waals surface area contributed by atoms with Crippen LogP contribution >= 0.6 is 0 Å². The lowest BCUT2D eigenvalue weighted by atomic mass is 9.83. The molecule has 2 aromatic carbocycles. The summed E-state index contributed by atoms with van der Waals surface area (Å²) >= 11 is 0. The third-order valence-corrected chi connectivity index (χ3v) is 5.55. The first kappa shape index (κ1) is 24.2. The fourth-order valence-electron chi connectivity index (χ4n) is 3.85. The van der Waals surface area contributed by atoms with Gasteiger partial charge in [-0.15, -0.1) is 0 Å². The summed E-state index contributed by atoms with van der Waals surface area (Å²) in [5.41, 5.74) is 2.00. The Balaban J connectivity index is 1.86. The molecule has 0 saturated heterocycles. The molecule has 3 rings (SSSR count). The first-order valence-corrected chi connectivity index (χ1v) is 10.8. The summed E-state index contributed by atoms with van der Waals surface area (Å²) < 4.78 is 32.4. The molecule has 0 spiro atoms. The fraction of sp³-hybridized carbons (Fsp3) is 0.440. The molecule has 0 saturated carbocycles. The van der Waals surface area contributed by atoms with Crippen molar-refractivity contribution in [1.29, 1.82) is 0 Å². The summed E-state index contributed by atoms with van der Waals surface area (Å²) in [6.07, 6.45) is 1.19. The van der Waals surface area contributed by atoms with Crippen LogP contribution in [0, 0.1) is 11.8 Å². The number of methoxy groups -OCH3 is 2. The van der Waals surface area contributed by atoms with Gasteiger partial charge in [0, 0.05) is 25.7 Å². The molecule has 0 fully saturated rings. The lowest BCUT2D eigenvalue weighted by Gasteiger charge is -2.27. The maximum absolute atomic E-state index is 11.6. The first-order chi connectivity index (χ1) is 15.9. The van der Waals surface area contributed by atoms with Crippen LogP contribution in [0.1, 0.15) is 25.0 Å². The average molecular weight is 459 g/mol. The molecule has 0 aromatic heterocycles. The smallest absolute Gasteiger partial charge is 0.302 e. The van der Waals surface area contributed by atoms with Crippen molar-refractivity contribution in [2.45, 2.75) is 26.7 Å². The van der Waals surface area contributed by atoms with E-state index in [1.165, 1.54) is 13.8 Å². The molecule has 33 heavy (non-hydrogen) atoms. The Morgan fingerprint density at radius 1 is 0.788 bits per heavy atom. The van der Waals surface area contributed by atoms with E-state index in [4.69, 9.17) is 28.4 Å². The highest BCUT2D eigenvalue weighted by Gasteiger charge is 2.26. The molecule has 0 bridgehead atoms. The molecule has 1 heterocycles. The SMILES string of the molecule is COc1ccc(C[C@@H](COC(C)=O)[C@H](COC(C)=O)Cc2ccc3c(c2)OCO3)cc1OC. The molecular weight excluding hydrogens is 428 g/mol. The molecule has 8 nitrogen and oxygen atoms in total. The highest BCUT2D eigenvalue weighted by atomic mass is 16.7. The first-order valence-electron chi connectivity index (χ1n) is 10.8. The van der Waals surface area contributed by atoms with Crippen molar-refractivity contribution in [3.63, 3.8) is 0 Å². The number of esters is 2. The van der Waals surface area contributed by atoms with Gasteiger partial charge in [0.25, 0.3) is 0 Å². The van der Waals surface area contributed by atoms with Crippen molar-refractivity contribution in [2.24, 2.45) is 11.8 Å². The number of benzene rings is 2. The van der Waals surface area contributed by atoms with E-state index in [-0.39, 0.29) is 43.8 Å². The zero-order valence-corrected chi connectivity index (χ0v) is 19.4.